The first-order chi connectivity index (χ1) is 9.81. The normalized spacial score (nSPS) is 32.9. The molecule has 1 saturated carbocycles. The van der Waals surface area contributed by atoms with Crippen molar-refractivity contribution >= 4 is 11.9 Å². The number of aliphatic carboxylic acids is 1. The number of ether oxygens (including phenoxy) is 1. The van der Waals surface area contributed by atoms with Crippen molar-refractivity contribution in [2.24, 2.45) is 17.8 Å². The van der Waals surface area contributed by atoms with Gasteiger partial charge in [-0.15, -0.1) is 0 Å². The number of carbonyl (C=O) groups excluding carboxylic acids is 1. The Hall–Kier alpha value is -1.58. The molecule has 0 aromatic carbocycles. The molecule has 4 atom stereocenters. The van der Waals surface area contributed by atoms with Crippen LogP contribution in [0.15, 0.2) is 22.8 Å². The number of hydrogen-bond acceptors (Lipinski definition) is 3. The SMILES string of the molecule is CC(=O)OC1CC(C)=C2C(/C=C(/C)C(=O)O)CCC(C)C21. The van der Waals surface area contributed by atoms with Crippen molar-refractivity contribution in [3.8, 4) is 0 Å². The number of carboxylic acid groups (broad SMARTS) is 1. The molecule has 1 N–H and O–H groups in total. The molecule has 0 bridgehead atoms. The lowest BCUT2D eigenvalue weighted by Gasteiger charge is -2.36. The molecule has 2 rings (SSSR count). The van der Waals surface area contributed by atoms with Gasteiger partial charge in [0.15, 0.2) is 0 Å². The van der Waals surface area contributed by atoms with Crippen molar-refractivity contribution in [1.29, 1.82) is 0 Å². The lowest BCUT2D eigenvalue weighted by atomic mass is 9.70. The van der Waals surface area contributed by atoms with Crippen molar-refractivity contribution in [2.45, 2.75) is 53.1 Å². The van der Waals surface area contributed by atoms with E-state index in [1.165, 1.54) is 18.1 Å². The summed E-state index contributed by atoms with van der Waals surface area (Å²) in [7, 11) is 0. The average molecular weight is 292 g/mol. The van der Waals surface area contributed by atoms with Crippen LogP contribution in [0.4, 0.5) is 0 Å². The molecule has 4 heteroatoms. The molecule has 4 unspecified atom stereocenters. The summed E-state index contributed by atoms with van der Waals surface area (Å²) in [4.78, 5) is 22.4. The number of esters is 1. The van der Waals surface area contributed by atoms with E-state index >= 15 is 0 Å². The number of carbonyl (C=O) groups is 2. The molecule has 0 aliphatic heterocycles. The molecule has 4 nitrogen and oxygen atoms in total. The van der Waals surface area contributed by atoms with Crippen molar-refractivity contribution in [3.05, 3.63) is 22.8 Å². The van der Waals surface area contributed by atoms with Crippen LogP contribution in [0, 0.1) is 17.8 Å². The van der Waals surface area contributed by atoms with Crippen LogP contribution < -0.4 is 0 Å². The summed E-state index contributed by atoms with van der Waals surface area (Å²) >= 11 is 0. The molecule has 116 valence electrons. The third-order valence-corrected chi connectivity index (χ3v) is 4.81. The zero-order valence-electron chi connectivity index (χ0n) is 13.2. The quantitative estimate of drug-likeness (QED) is 0.492. The molecule has 0 aromatic rings. The van der Waals surface area contributed by atoms with Crippen LogP contribution in [0.25, 0.3) is 0 Å². The van der Waals surface area contributed by atoms with Crippen molar-refractivity contribution in [1.82, 2.24) is 0 Å². The average Bonchev–Trinajstić information content (AvgIpc) is 2.69. The molecule has 0 amide bonds. The summed E-state index contributed by atoms with van der Waals surface area (Å²) in [6, 6.07) is 0. The lowest BCUT2D eigenvalue weighted by molar-refractivity contribution is -0.148. The van der Waals surface area contributed by atoms with Gasteiger partial charge in [0.2, 0.25) is 0 Å². The van der Waals surface area contributed by atoms with E-state index in [9.17, 15) is 9.59 Å². The third-order valence-electron chi connectivity index (χ3n) is 4.81. The van der Waals surface area contributed by atoms with E-state index in [0.717, 1.165) is 19.3 Å². The minimum atomic E-state index is -0.863. The van der Waals surface area contributed by atoms with Gasteiger partial charge in [-0.25, -0.2) is 4.79 Å². The van der Waals surface area contributed by atoms with E-state index < -0.39 is 5.97 Å². The molecule has 2 aliphatic rings. The Morgan fingerprint density at radius 1 is 1.29 bits per heavy atom. The highest BCUT2D eigenvalue weighted by Gasteiger charge is 2.43. The van der Waals surface area contributed by atoms with Crippen molar-refractivity contribution in [3.63, 3.8) is 0 Å². The summed E-state index contributed by atoms with van der Waals surface area (Å²) in [6.07, 6.45) is 4.58. The van der Waals surface area contributed by atoms with Crippen LogP contribution >= 0.6 is 0 Å². The second-order valence-electron chi connectivity index (χ2n) is 6.43. The summed E-state index contributed by atoms with van der Waals surface area (Å²) in [6.45, 7) is 7.38. The number of allylic oxidation sites excluding steroid dienone is 1. The van der Waals surface area contributed by atoms with Gasteiger partial charge in [-0.05, 0) is 38.5 Å². The van der Waals surface area contributed by atoms with Gasteiger partial charge in [-0.2, -0.15) is 0 Å². The molecular formula is C17H24O4. The van der Waals surface area contributed by atoms with Gasteiger partial charge in [0.1, 0.15) is 6.10 Å². The zero-order chi connectivity index (χ0) is 15.7. The largest absolute Gasteiger partial charge is 0.478 e. The van der Waals surface area contributed by atoms with Gasteiger partial charge in [0, 0.05) is 24.8 Å². The van der Waals surface area contributed by atoms with Gasteiger partial charge in [0.25, 0.3) is 0 Å². The van der Waals surface area contributed by atoms with Gasteiger partial charge in [-0.3, -0.25) is 4.79 Å². The number of carboxylic acids is 1. The Morgan fingerprint density at radius 3 is 2.52 bits per heavy atom. The highest BCUT2D eigenvalue weighted by Crippen LogP contribution is 2.49. The molecule has 0 aromatic heterocycles. The minimum Gasteiger partial charge on any atom is -0.478 e. The fourth-order valence-electron chi connectivity index (χ4n) is 3.92. The first-order valence-electron chi connectivity index (χ1n) is 7.59. The fourth-order valence-corrected chi connectivity index (χ4v) is 3.92. The van der Waals surface area contributed by atoms with E-state index in [4.69, 9.17) is 9.84 Å². The molecule has 0 heterocycles. The van der Waals surface area contributed by atoms with Gasteiger partial charge in [-0.1, -0.05) is 24.1 Å². The van der Waals surface area contributed by atoms with Crippen LogP contribution in [0.1, 0.15) is 47.0 Å². The molecule has 0 radical (unpaired) electrons. The predicted octanol–water partition coefficient (Wildman–Crippen LogP) is 3.33. The maximum absolute atomic E-state index is 11.3. The first kappa shape index (κ1) is 15.8. The molecule has 2 aliphatic carbocycles. The molecular weight excluding hydrogens is 268 g/mol. The van der Waals surface area contributed by atoms with Crippen molar-refractivity contribution in [2.75, 3.05) is 0 Å². The Kier molecular flexibility index (Phi) is 4.55. The fraction of sp³-hybridized carbons (Fsp3) is 0.647. The zero-order valence-corrected chi connectivity index (χ0v) is 13.2. The molecule has 1 fully saturated rings. The summed E-state index contributed by atoms with van der Waals surface area (Å²) < 4.78 is 5.50. The molecule has 0 saturated heterocycles. The monoisotopic (exact) mass is 292 g/mol. The summed E-state index contributed by atoms with van der Waals surface area (Å²) in [5, 5.41) is 9.09. The third kappa shape index (κ3) is 3.20. The van der Waals surface area contributed by atoms with Crippen LogP contribution in [-0.2, 0) is 14.3 Å². The minimum absolute atomic E-state index is 0.0752. The lowest BCUT2D eigenvalue weighted by Crippen LogP contribution is -2.33. The molecule has 0 spiro atoms. The number of fused-ring (bicyclic) bond motifs is 1. The number of rotatable bonds is 3. The second kappa shape index (κ2) is 6.04. The highest BCUT2D eigenvalue weighted by molar-refractivity contribution is 5.85. The van der Waals surface area contributed by atoms with E-state index in [1.54, 1.807) is 6.92 Å². The Morgan fingerprint density at radius 2 is 1.95 bits per heavy atom. The van der Waals surface area contributed by atoms with Gasteiger partial charge < -0.3 is 9.84 Å². The number of hydrogen-bond donors (Lipinski definition) is 1. The van der Waals surface area contributed by atoms with Crippen LogP contribution in [0.2, 0.25) is 0 Å². The van der Waals surface area contributed by atoms with E-state index in [1.807, 2.05) is 6.08 Å². The highest BCUT2D eigenvalue weighted by atomic mass is 16.5. The van der Waals surface area contributed by atoms with E-state index in [2.05, 4.69) is 13.8 Å². The van der Waals surface area contributed by atoms with Crippen molar-refractivity contribution < 1.29 is 19.4 Å². The van der Waals surface area contributed by atoms with E-state index in [-0.39, 0.29) is 23.9 Å². The van der Waals surface area contributed by atoms with Crippen LogP contribution in [0.5, 0.6) is 0 Å². The van der Waals surface area contributed by atoms with Gasteiger partial charge >= 0.3 is 11.9 Å². The van der Waals surface area contributed by atoms with E-state index in [0.29, 0.717) is 11.5 Å². The predicted molar refractivity (Wildman–Crippen MR) is 79.6 cm³/mol. The van der Waals surface area contributed by atoms with Crippen LogP contribution in [-0.4, -0.2) is 23.1 Å². The summed E-state index contributed by atoms with van der Waals surface area (Å²) in [5.41, 5.74) is 2.96. The first-order valence-corrected chi connectivity index (χ1v) is 7.59. The summed E-state index contributed by atoms with van der Waals surface area (Å²) in [5.74, 6) is -0.219. The Labute approximate surface area is 125 Å². The smallest absolute Gasteiger partial charge is 0.330 e. The van der Waals surface area contributed by atoms with Crippen LogP contribution in [0.3, 0.4) is 0 Å². The van der Waals surface area contributed by atoms with Gasteiger partial charge in [0.05, 0.1) is 0 Å². The molecule has 21 heavy (non-hydrogen) atoms. The maximum Gasteiger partial charge on any atom is 0.330 e. The Balaban J connectivity index is 2.29. The standard InChI is InChI=1S/C17H24O4/c1-9-5-6-13(7-11(3)17(19)20)15-10(2)8-14(16(9)15)21-12(4)18/h7,9,13-14,16H,5-6,8H2,1-4H3,(H,19,20)/b11-7-. The second-order valence-corrected chi connectivity index (χ2v) is 6.43. The Bertz CT molecular complexity index is 515. The topological polar surface area (TPSA) is 63.6 Å². The maximum atomic E-state index is 11.3.